The fraction of sp³-hybridized carbons (Fsp3) is 0.769. The Kier molecular flexibility index (Phi) is 4.50. The maximum Gasteiger partial charge on any atom is 0.128 e. The van der Waals surface area contributed by atoms with E-state index >= 15 is 0 Å². The summed E-state index contributed by atoms with van der Waals surface area (Å²) in [6.45, 7) is 9.25. The lowest BCUT2D eigenvalue weighted by Crippen LogP contribution is -2.50. The van der Waals surface area contributed by atoms with Crippen molar-refractivity contribution in [2.75, 3.05) is 32.7 Å². The summed E-state index contributed by atoms with van der Waals surface area (Å²) in [5.41, 5.74) is -0.616. The third-order valence-electron chi connectivity index (χ3n) is 3.47. The molecule has 0 bridgehead atoms. The Bertz CT molecular complexity index is 419. The molecule has 0 aromatic carbocycles. The van der Waals surface area contributed by atoms with Gasteiger partial charge in [0.15, 0.2) is 0 Å². The molecule has 0 unspecified atom stereocenters. The highest BCUT2D eigenvalue weighted by Gasteiger charge is 2.23. The van der Waals surface area contributed by atoms with Gasteiger partial charge in [0.05, 0.1) is 18.3 Å². The van der Waals surface area contributed by atoms with E-state index in [0.29, 0.717) is 5.15 Å². The number of aromatic nitrogens is 2. The molecule has 0 atom stereocenters. The van der Waals surface area contributed by atoms with E-state index in [0.717, 1.165) is 45.1 Å². The maximum absolute atomic E-state index is 9.83. The van der Waals surface area contributed by atoms with Crippen LogP contribution in [0.3, 0.4) is 0 Å². The van der Waals surface area contributed by atoms with E-state index < -0.39 is 5.60 Å². The number of rotatable bonds is 4. The van der Waals surface area contributed by atoms with E-state index in [-0.39, 0.29) is 0 Å². The maximum atomic E-state index is 9.83. The minimum atomic E-state index is -0.616. The topological polar surface area (TPSA) is 44.5 Å². The van der Waals surface area contributed by atoms with Gasteiger partial charge in [-0.3, -0.25) is 9.80 Å². The number of imidazole rings is 1. The molecular formula is C13H23ClN4O. The fourth-order valence-electron chi connectivity index (χ4n) is 2.42. The normalized spacial score (nSPS) is 19.0. The molecule has 0 aliphatic carbocycles. The SMILES string of the molecule is Cn1c(Cl)cnc1CN1CCN(CC(C)(C)O)CC1. The quantitative estimate of drug-likeness (QED) is 0.896. The molecule has 6 heteroatoms. The van der Waals surface area contributed by atoms with Crippen molar-refractivity contribution < 1.29 is 5.11 Å². The van der Waals surface area contributed by atoms with Gasteiger partial charge in [0.1, 0.15) is 11.0 Å². The fourth-order valence-corrected chi connectivity index (χ4v) is 2.57. The van der Waals surface area contributed by atoms with E-state index in [9.17, 15) is 5.11 Å². The predicted octanol–water partition coefficient (Wildman–Crippen LogP) is 0.962. The number of halogens is 1. The molecule has 0 saturated carbocycles. The van der Waals surface area contributed by atoms with Crippen molar-refractivity contribution in [3.63, 3.8) is 0 Å². The number of hydrogen-bond donors (Lipinski definition) is 1. The Morgan fingerprint density at radius 2 is 1.84 bits per heavy atom. The molecule has 1 aliphatic rings. The zero-order valence-electron chi connectivity index (χ0n) is 11.9. The standard InChI is InChI=1S/C13H23ClN4O/c1-13(2,19)10-18-6-4-17(5-7-18)9-12-15-8-11(14)16(12)3/h8,19H,4-7,9-10H2,1-3H3. The van der Waals surface area contributed by atoms with Gasteiger partial charge in [-0.15, -0.1) is 0 Å². The van der Waals surface area contributed by atoms with Gasteiger partial charge in [-0.05, 0) is 13.8 Å². The smallest absolute Gasteiger partial charge is 0.128 e. The molecule has 1 fully saturated rings. The minimum Gasteiger partial charge on any atom is -0.389 e. The molecule has 1 aromatic heterocycles. The Balaban J connectivity index is 1.82. The molecule has 1 aliphatic heterocycles. The lowest BCUT2D eigenvalue weighted by atomic mass is 10.1. The van der Waals surface area contributed by atoms with Crippen LogP contribution in [-0.2, 0) is 13.6 Å². The van der Waals surface area contributed by atoms with Crippen LogP contribution in [0.25, 0.3) is 0 Å². The number of β-amino-alcohol motifs (C(OH)–C–C–N with tert-alkyl or cyclic N) is 1. The first kappa shape index (κ1) is 14.8. The van der Waals surface area contributed by atoms with E-state index in [4.69, 9.17) is 11.6 Å². The average molecular weight is 287 g/mol. The molecule has 1 aromatic rings. The number of hydrogen-bond acceptors (Lipinski definition) is 4. The van der Waals surface area contributed by atoms with Gasteiger partial charge in [-0.1, -0.05) is 11.6 Å². The van der Waals surface area contributed by atoms with Crippen molar-refractivity contribution >= 4 is 11.6 Å². The Morgan fingerprint density at radius 1 is 1.26 bits per heavy atom. The van der Waals surface area contributed by atoms with Crippen LogP contribution in [0, 0.1) is 0 Å². The van der Waals surface area contributed by atoms with E-state index in [1.54, 1.807) is 6.20 Å². The van der Waals surface area contributed by atoms with Gasteiger partial charge in [-0.25, -0.2) is 4.98 Å². The molecule has 108 valence electrons. The van der Waals surface area contributed by atoms with Crippen LogP contribution < -0.4 is 0 Å². The molecule has 5 nitrogen and oxygen atoms in total. The third kappa shape index (κ3) is 4.18. The predicted molar refractivity (Wildman–Crippen MR) is 76.2 cm³/mol. The minimum absolute atomic E-state index is 0.616. The summed E-state index contributed by atoms with van der Waals surface area (Å²) in [7, 11) is 1.94. The van der Waals surface area contributed by atoms with Gasteiger partial charge in [0.25, 0.3) is 0 Å². The van der Waals surface area contributed by atoms with Crippen LogP contribution in [0.4, 0.5) is 0 Å². The van der Waals surface area contributed by atoms with Gasteiger partial charge >= 0.3 is 0 Å². The highest BCUT2D eigenvalue weighted by atomic mass is 35.5. The summed E-state index contributed by atoms with van der Waals surface area (Å²) in [6, 6.07) is 0. The van der Waals surface area contributed by atoms with Gasteiger partial charge < -0.3 is 9.67 Å². The van der Waals surface area contributed by atoms with Gasteiger partial charge in [0.2, 0.25) is 0 Å². The summed E-state index contributed by atoms with van der Waals surface area (Å²) < 4.78 is 1.92. The van der Waals surface area contributed by atoms with E-state index in [2.05, 4.69) is 14.8 Å². The first-order chi connectivity index (χ1) is 8.85. The van der Waals surface area contributed by atoms with Crippen molar-refractivity contribution in [2.24, 2.45) is 7.05 Å². The summed E-state index contributed by atoms with van der Waals surface area (Å²) in [4.78, 5) is 9.01. The molecule has 19 heavy (non-hydrogen) atoms. The Morgan fingerprint density at radius 3 is 2.32 bits per heavy atom. The molecule has 2 rings (SSSR count). The first-order valence-electron chi connectivity index (χ1n) is 6.68. The lowest BCUT2D eigenvalue weighted by Gasteiger charge is -2.37. The summed E-state index contributed by atoms with van der Waals surface area (Å²) in [5.74, 6) is 1.00. The molecule has 0 amide bonds. The summed E-state index contributed by atoms with van der Waals surface area (Å²) in [5, 5.41) is 10.5. The zero-order chi connectivity index (χ0) is 14.0. The molecular weight excluding hydrogens is 264 g/mol. The van der Waals surface area contributed by atoms with Crippen molar-refractivity contribution in [1.29, 1.82) is 0 Å². The van der Waals surface area contributed by atoms with Crippen LogP contribution in [0.2, 0.25) is 5.15 Å². The highest BCUT2D eigenvalue weighted by Crippen LogP contribution is 2.13. The molecule has 0 radical (unpaired) electrons. The molecule has 1 saturated heterocycles. The van der Waals surface area contributed by atoms with Crippen LogP contribution >= 0.6 is 11.6 Å². The van der Waals surface area contributed by atoms with Crippen molar-refractivity contribution in [2.45, 2.75) is 26.0 Å². The highest BCUT2D eigenvalue weighted by molar-refractivity contribution is 6.29. The number of aliphatic hydroxyl groups is 1. The Hall–Kier alpha value is -0.620. The zero-order valence-corrected chi connectivity index (χ0v) is 12.7. The average Bonchev–Trinajstić information content (AvgIpc) is 2.62. The third-order valence-corrected chi connectivity index (χ3v) is 3.82. The number of piperazine rings is 1. The van der Waals surface area contributed by atoms with E-state index in [1.807, 2.05) is 25.5 Å². The van der Waals surface area contributed by atoms with Crippen molar-refractivity contribution in [3.05, 3.63) is 17.2 Å². The van der Waals surface area contributed by atoms with Gasteiger partial charge in [0, 0.05) is 39.8 Å². The molecule has 0 spiro atoms. The second kappa shape index (κ2) is 5.79. The van der Waals surface area contributed by atoms with E-state index in [1.165, 1.54) is 0 Å². The summed E-state index contributed by atoms with van der Waals surface area (Å²) >= 11 is 5.99. The lowest BCUT2D eigenvalue weighted by molar-refractivity contribution is 0.0162. The van der Waals surface area contributed by atoms with Crippen LogP contribution in [-0.4, -0.2) is 62.8 Å². The largest absolute Gasteiger partial charge is 0.389 e. The van der Waals surface area contributed by atoms with Crippen molar-refractivity contribution in [1.82, 2.24) is 19.4 Å². The monoisotopic (exact) mass is 286 g/mol. The second-order valence-electron chi connectivity index (χ2n) is 5.92. The van der Waals surface area contributed by atoms with Crippen LogP contribution in [0.15, 0.2) is 6.20 Å². The van der Waals surface area contributed by atoms with Crippen LogP contribution in [0.1, 0.15) is 19.7 Å². The molecule has 1 N–H and O–H groups in total. The molecule has 2 heterocycles. The van der Waals surface area contributed by atoms with Gasteiger partial charge in [-0.2, -0.15) is 0 Å². The second-order valence-corrected chi connectivity index (χ2v) is 6.31. The summed E-state index contributed by atoms with van der Waals surface area (Å²) in [6.07, 6.45) is 1.70. The first-order valence-corrected chi connectivity index (χ1v) is 7.06. The number of nitrogens with zero attached hydrogens (tertiary/aromatic N) is 4. The van der Waals surface area contributed by atoms with Crippen molar-refractivity contribution in [3.8, 4) is 0 Å². The Labute approximate surface area is 119 Å². The van der Waals surface area contributed by atoms with Crippen LogP contribution in [0.5, 0.6) is 0 Å².